The third-order valence-electron chi connectivity index (χ3n) is 5.40. The van der Waals surface area contributed by atoms with Crippen molar-refractivity contribution >= 4 is 0 Å². The lowest BCUT2D eigenvalue weighted by Crippen LogP contribution is -2.41. The number of nitrogens with one attached hydrogen (secondary N) is 1. The molecule has 0 spiro atoms. The Morgan fingerprint density at radius 1 is 0.905 bits per heavy atom. The molecular formula is C20H23N. The summed E-state index contributed by atoms with van der Waals surface area (Å²) in [5, 5.41) is 3.93. The predicted molar refractivity (Wildman–Crippen MR) is 87.5 cm³/mol. The second-order valence-corrected chi connectivity index (χ2v) is 6.65. The molecule has 4 rings (SSSR count). The summed E-state index contributed by atoms with van der Waals surface area (Å²) in [6.07, 6.45) is 5.27. The molecule has 0 aliphatic heterocycles. The van der Waals surface area contributed by atoms with Crippen LogP contribution < -0.4 is 5.32 Å². The summed E-state index contributed by atoms with van der Waals surface area (Å²) in [4.78, 5) is 0. The van der Waals surface area contributed by atoms with E-state index in [4.69, 9.17) is 0 Å². The van der Waals surface area contributed by atoms with Gasteiger partial charge in [0.2, 0.25) is 0 Å². The van der Waals surface area contributed by atoms with E-state index >= 15 is 0 Å². The minimum absolute atomic E-state index is 0.363. The lowest BCUT2D eigenvalue weighted by atomic mass is 9.78. The Morgan fingerprint density at radius 3 is 2.00 bits per heavy atom. The van der Waals surface area contributed by atoms with Crippen molar-refractivity contribution in [3.8, 4) is 0 Å². The number of hydrogen-bond donors (Lipinski definition) is 1. The van der Waals surface area contributed by atoms with Crippen LogP contribution >= 0.6 is 0 Å². The highest BCUT2D eigenvalue weighted by Gasteiger charge is 2.30. The van der Waals surface area contributed by atoms with E-state index in [1.165, 1.54) is 41.5 Å². The van der Waals surface area contributed by atoms with Crippen LogP contribution in [0.3, 0.4) is 0 Å². The van der Waals surface area contributed by atoms with Crippen LogP contribution in [0.1, 0.15) is 54.5 Å². The van der Waals surface area contributed by atoms with Crippen LogP contribution in [0.25, 0.3) is 0 Å². The first-order valence-corrected chi connectivity index (χ1v) is 8.24. The normalized spacial score (nSPS) is 19.5. The van der Waals surface area contributed by atoms with Crippen molar-refractivity contribution in [1.82, 2.24) is 5.32 Å². The van der Waals surface area contributed by atoms with Gasteiger partial charge in [-0.15, -0.1) is 0 Å². The zero-order chi connectivity index (χ0) is 14.2. The Hall–Kier alpha value is -1.60. The van der Waals surface area contributed by atoms with Gasteiger partial charge in [0.05, 0.1) is 6.04 Å². The van der Waals surface area contributed by atoms with Gasteiger partial charge in [0, 0.05) is 6.04 Å². The van der Waals surface area contributed by atoms with Gasteiger partial charge >= 0.3 is 0 Å². The highest BCUT2D eigenvalue weighted by molar-refractivity contribution is 5.48. The first-order valence-electron chi connectivity index (χ1n) is 8.24. The van der Waals surface area contributed by atoms with E-state index in [2.05, 4.69) is 60.8 Å². The van der Waals surface area contributed by atoms with Gasteiger partial charge in [0.15, 0.2) is 0 Å². The maximum absolute atomic E-state index is 3.93. The summed E-state index contributed by atoms with van der Waals surface area (Å²) >= 11 is 0. The minimum Gasteiger partial charge on any atom is -0.303 e. The van der Waals surface area contributed by atoms with E-state index in [9.17, 15) is 0 Å². The first kappa shape index (κ1) is 13.1. The molecule has 21 heavy (non-hydrogen) atoms. The fraction of sp³-hybridized carbons (Fsp3) is 0.400. The van der Waals surface area contributed by atoms with Crippen LogP contribution in [0.2, 0.25) is 0 Å². The largest absolute Gasteiger partial charge is 0.303 e. The first-order chi connectivity index (χ1) is 10.3. The summed E-state index contributed by atoms with van der Waals surface area (Å²) in [5.74, 6) is 0.867. The highest BCUT2D eigenvalue weighted by Crippen LogP contribution is 2.37. The Balaban J connectivity index is 1.70. The summed E-state index contributed by atoms with van der Waals surface area (Å²) in [6.45, 7) is 2.36. The summed E-state index contributed by atoms with van der Waals surface area (Å²) in [7, 11) is 0. The van der Waals surface area contributed by atoms with E-state index in [-0.39, 0.29) is 0 Å². The maximum atomic E-state index is 3.93. The van der Waals surface area contributed by atoms with Crippen molar-refractivity contribution in [2.24, 2.45) is 5.92 Å². The minimum atomic E-state index is 0.363. The smallest absolute Gasteiger partial charge is 0.0584 e. The monoisotopic (exact) mass is 277 g/mol. The third-order valence-corrected chi connectivity index (χ3v) is 5.40. The number of benzene rings is 2. The van der Waals surface area contributed by atoms with Crippen LogP contribution in [-0.2, 0) is 6.42 Å². The lowest BCUT2D eigenvalue weighted by Gasteiger charge is -2.37. The molecule has 0 saturated heterocycles. The molecule has 1 atom stereocenters. The number of rotatable bonds is 3. The Labute approximate surface area is 127 Å². The maximum Gasteiger partial charge on any atom is 0.0584 e. The molecule has 1 heteroatoms. The second kappa shape index (κ2) is 5.31. The van der Waals surface area contributed by atoms with Crippen molar-refractivity contribution in [3.63, 3.8) is 0 Å². The molecule has 1 fully saturated rings. The number of fused-ring (bicyclic) bond motifs is 2. The summed E-state index contributed by atoms with van der Waals surface area (Å²) < 4.78 is 0. The molecule has 0 amide bonds. The van der Waals surface area contributed by atoms with E-state index in [1.807, 2.05) is 0 Å². The Bertz CT molecular complexity index is 596. The molecule has 1 N–H and O–H groups in total. The van der Waals surface area contributed by atoms with Crippen LogP contribution in [-0.4, -0.2) is 6.04 Å². The molecule has 2 aliphatic rings. The fourth-order valence-electron chi connectivity index (χ4n) is 3.84. The molecule has 2 aromatic rings. The van der Waals surface area contributed by atoms with Crippen molar-refractivity contribution in [1.29, 1.82) is 0 Å². The van der Waals surface area contributed by atoms with E-state index in [0.29, 0.717) is 12.1 Å². The average Bonchev–Trinajstić information content (AvgIpc) is 2.45. The van der Waals surface area contributed by atoms with Gasteiger partial charge in [0.1, 0.15) is 0 Å². The molecule has 108 valence electrons. The van der Waals surface area contributed by atoms with Crippen molar-refractivity contribution in [2.75, 3.05) is 0 Å². The summed E-state index contributed by atoms with van der Waals surface area (Å²) in [6, 6.07) is 18.8. The Kier molecular flexibility index (Phi) is 3.31. The number of hydrogen-bond acceptors (Lipinski definition) is 1. The van der Waals surface area contributed by atoms with Gasteiger partial charge in [0.25, 0.3) is 0 Å². The quantitative estimate of drug-likeness (QED) is 0.873. The molecule has 1 saturated carbocycles. The molecule has 1 unspecified atom stereocenters. The third kappa shape index (κ3) is 2.30. The highest BCUT2D eigenvalue weighted by atomic mass is 15.0. The van der Waals surface area contributed by atoms with Crippen molar-refractivity contribution in [3.05, 3.63) is 70.8 Å². The van der Waals surface area contributed by atoms with Crippen molar-refractivity contribution < 1.29 is 0 Å². The van der Waals surface area contributed by atoms with Crippen LogP contribution in [0.4, 0.5) is 0 Å². The second-order valence-electron chi connectivity index (χ2n) is 6.65. The molecule has 0 bridgehead atoms. The zero-order valence-corrected chi connectivity index (χ0v) is 12.7. The van der Waals surface area contributed by atoms with Gasteiger partial charge in [-0.25, -0.2) is 0 Å². The van der Waals surface area contributed by atoms with Gasteiger partial charge in [-0.3, -0.25) is 0 Å². The molecule has 0 radical (unpaired) electrons. The molecule has 2 aromatic carbocycles. The van der Waals surface area contributed by atoms with Gasteiger partial charge in [-0.2, -0.15) is 0 Å². The Morgan fingerprint density at radius 2 is 1.48 bits per heavy atom. The molecule has 0 aromatic heterocycles. The van der Waals surface area contributed by atoms with E-state index < -0.39 is 0 Å². The fourth-order valence-corrected chi connectivity index (χ4v) is 3.84. The zero-order valence-electron chi connectivity index (χ0n) is 12.7. The van der Waals surface area contributed by atoms with Crippen LogP contribution in [0.5, 0.6) is 0 Å². The van der Waals surface area contributed by atoms with Crippen molar-refractivity contribution in [2.45, 2.75) is 44.7 Å². The predicted octanol–water partition coefficient (Wildman–Crippen LogP) is 4.46. The molecule has 1 nitrogen and oxygen atoms in total. The van der Waals surface area contributed by atoms with E-state index in [1.54, 1.807) is 0 Å². The van der Waals surface area contributed by atoms with Crippen LogP contribution in [0, 0.1) is 5.92 Å². The SMILES string of the molecule is CC(NC1c2ccccc2Cc2ccccc21)C1CCC1. The summed E-state index contributed by atoms with van der Waals surface area (Å²) in [5.41, 5.74) is 5.91. The standard InChI is InChI=1S/C20H23N/c1-14(15-9-6-10-15)21-20-18-11-4-2-7-16(18)13-17-8-3-5-12-19(17)20/h2-5,7-8,11-12,14-15,20-21H,6,9-10,13H2,1H3. The molecule has 2 aliphatic carbocycles. The van der Waals surface area contributed by atoms with Crippen LogP contribution in [0.15, 0.2) is 48.5 Å². The lowest BCUT2D eigenvalue weighted by molar-refractivity contribution is 0.232. The van der Waals surface area contributed by atoms with Gasteiger partial charge in [-0.1, -0.05) is 55.0 Å². The van der Waals surface area contributed by atoms with Gasteiger partial charge < -0.3 is 5.32 Å². The average molecular weight is 277 g/mol. The van der Waals surface area contributed by atoms with Gasteiger partial charge in [-0.05, 0) is 54.4 Å². The molecular weight excluding hydrogens is 254 g/mol. The molecule has 0 heterocycles. The van der Waals surface area contributed by atoms with E-state index in [0.717, 1.165) is 12.3 Å². The topological polar surface area (TPSA) is 12.0 Å².